The average Bonchev–Trinajstić information content (AvgIpc) is 3.42. The maximum atomic E-state index is 4.62. The van der Waals surface area contributed by atoms with Crippen LogP contribution in [0.25, 0.3) is 44.8 Å². The standard InChI is InChI=1S/C44H32N2/c1-43(2)37-21-10-11-22-38(37)44(35-19-8-6-17-33(35)34-18-7-9-20-36(34)44)39-24-23-31(28-40(39)43)30-15-12-16-32(27-30)42-26-25-41(45-46-42)29-13-4-3-5-14-29/h3-28H,1-2H3. The van der Waals surface area contributed by atoms with Gasteiger partial charge in [0.05, 0.1) is 16.8 Å². The van der Waals surface area contributed by atoms with Crippen molar-refractivity contribution >= 4 is 0 Å². The molecule has 1 spiro atoms. The van der Waals surface area contributed by atoms with Gasteiger partial charge in [0.15, 0.2) is 0 Å². The van der Waals surface area contributed by atoms with Gasteiger partial charge in [-0.2, -0.15) is 0 Å². The third kappa shape index (κ3) is 3.71. The first-order valence-electron chi connectivity index (χ1n) is 16.0. The molecule has 9 rings (SSSR count). The molecule has 0 aliphatic heterocycles. The molecule has 2 aliphatic carbocycles. The van der Waals surface area contributed by atoms with E-state index in [4.69, 9.17) is 0 Å². The van der Waals surface area contributed by atoms with Crippen LogP contribution in [0.2, 0.25) is 0 Å². The van der Waals surface area contributed by atoms with Crippen molar-refractivity contribution in [1.82, 2.24) is 10.2 Å². The van der Waals surface area contributed by atoms with Crippen molar-refractivity contribution in [2.24, 2.45) is 0 Å². The highest BCUT2D eigenvalue weighted by atomic mass is 15.1. The van der Waals surface area contributed by atoms with Crippen molar-refractivity contribution in [2.45, 2.75) is 24.7 Å². The smallest absolute Gasteiger partial charge is 0.0930 e. The van der Waals surface area contributed by atoms with Gasteiger partial charge < -0.3 is 0 Å². The molecule has 2 aliphatic rings. The fourth-order valence-electron chi connectivity index (χ4n) is 8.14. The molecule has 1 aromatic heterocycles. The molecule has 218 valence electrons. The van der Waals surface area contributed by atoms with Crippen LogP contribution >= 0.6 is 0 Å². The highest BCUT2D eigenvalue weighted by Crippen LogP contribution is 2.62. The molecule has 0 atom stereocenters. The van der Waals surface area contributed by atoms with Crippen molar-refractivity contribution in [2.75, 3.05) is 0 Å². The Morgan fingerprint density at radius 1 is 0.348 bits per heavy atom. The van der Waals surface area contributed by atoms with Crippen LogP contribution in [0.5, 0.6) is 0 Å². The quantitative estimate of drug-likeness (QED) is 0.205. The topological polar surface area (TPSA) is 25.8 Å². The molecular formula is C44H32N2. The lowest BCUT2D eigenvalue weighted by Crippen LogP contribution is -2.40. The summed E-state index contributed by atoms with van der Waals surface area (Å²) >= 11 is 0. The lowest BCUT2D eigenvalue weighted by Gasteiger charge is -2.46. The van der Waals surface area contributed by atoms with Gasteiger partial charge in [0.25, 0.3) is 0 Å². The third-order valence-corrected chi connectivity index (χ3v) is 10.3. The van der Waals surface area contributed by atoms with Crippen LogP contribution < -0.4 is 0 Å². The van der Waals surface area contributed by atoms with Crippen LogP contribution in [-0.2, 0) is 10.8 Å². The van der Waals surface area contributed by atoms with E-state index in [1.165, 1.54) is 55.6 Å². The molecular weight excluding hydrogens is 556 g/mol. The summed E-state index contributed by atoms with van der Waals surface area (Å²) in [4.78, 5) is 0. The predicted octanol–water partition coefficient (Wildman–Crippen LogP) is 10.5. The van der Waals surface area contributed by atoms with Crippen LogP contribution in [0.1, 0.15) is 47.2 Å². The summed E-state index contributed by atoms with van der Waals surface area (Å²) in [5.74, 6) is 0. The molecule has 1 heterocycles. The second-order valence-electron chi connectivity index (χ2n) is 13.0. The molecule has 0 radical (unpaired) electrons. The molecule has 0 fully saturated rings. The molecule has 2 nitrogen and oxygen atoms in total. The lowest BCUT2D eigenvalue weighted by molar-refractivity contribution is 0.563. The second kappa shape index (κ2) is 9.95. The fraction of sp³-hybridized carbons (Fsp3) is 0.0909. The molecule has 46 heavy (non-hydrogen) atoms. The van der Waals surface area contributed by atoms with Gasteiger partial charge in [-0.3, -0.25) is 0 Å². The number of aromatic nitrogens is 2. The molecule has 0 unspecified atom stereocenters. The van der Waals surface area contributed by atoms with Crippen LogP contribution in [0, 0.1) is 0 Å². The third-order valence-electron chi connectivity index (χ3n) is 10.3. The number of nitrogens with zero attached hydrogens (tertiary/aromatic N) is 2. The van der Waals surface area contributed by atoms with Crippen LogP contribution in [0.15, 0.2) is 158 Å². The van der Waals surface area contributed by atoms with Crippen LogP contribution in [-0.4, -0.2) is 10.2 Å². The summed E-state index contributed by atoms with van der Waals surface area (Å²) in [5, 5.41) is 9.17. The molecule has 0 saturated heterocycles. The summed E-state index contributed by atoms with van der Waals surface area (Å²) in [7, 11) is 0. The Hall–Kier alpha value is -5.60. The Bertz CT molecular complexity index is 2230. The zero-order valence-corrected chi connectivity index (χ0v) is 25.9. The van der Waals surface area contributed by atoms with E-state index in [9.17, 15) is 0 Å². The summed E-state index contributed by atoms with van der Waals surface area (Å²) in [6, 6.07) is 57.3. The molecule has 2 heteroatoms. The SMILES string of the molecule is CC1(C)c2ccccc2C2(c3ccccc3-c3ccccc32)c2ccc(-c3cccc(-c4ccc(-c5ccccc5)nn4)c3)cc21. The van der Waals surface area contributed by atoms with Gasteiger partial charge in [0.1, 0.15) is 0 Å². The van der Waals surface area contributed by atoms with Gasteiger partial charge in [0, 0.05) is 16.5 Å². The molecule has 0 N–H and O–H groups in total. The number of hydrogen-bond acceptors (Lipinski definition) is 2. The highest BCUT2D eigenvalue weighted by Gasteiger charge is 2.53. The second-order valence-corrected chi connectivity index (χ2v) is 13.0. The molecule has 6 aromatic carbocycles. The van der Waals surface area contributed by atoms with E-state index < -0.39 is 0 Å². The number of rotatable bonds is 3. The van der Waals surface area contributed by atoms with Gasteiger partial charge in [0.2, 0.25) is 0 Å². The fourth-order valence-corrected chi connectivity index (χ4v) is 8.14. The van der Waals surface area contributed by atoms with Gasteiger partial charge in [-0.05, 0) is 79.9 Å². The first-order chi connectivity index (χ1) is 22.6. The summed E-state index contributed by atoms with van der Waals surface area (Å²) in [6.07, 6.45) is 0. The van der Waals surface area contributed by atoms with E-state index in [1.54, 1.807) is 0 Å². The normalized spacial score (nSPS) is 14.7. The van der Waals surface area contributed by atoms with E-state index in [2.05, 4.69) is 164 Å². The number of benzene rings is 6. The Labute approximate surface area is 270 Å². The Balaban J connectivity index is 1.21. The number of fused-ring (bicyclic) bond motifs is 9. The lowest BCUT2D eigenvalue weighted by atomic mass is 9.55. The Morgan fingerprint density at radius 3 is 1.52 bits per heavy atom. The minimum absolute atomic E-state index is 0.185. The zero-order chi connectivity index (χ0) is 30.9. The van der Waals surface area contributed by atoms with E-state index in [0.717, 1.165) is 22.5 Å². The highest BCUT2D eigenvalue weighted by molar-refractivity contribution is 5.89. The van der Waals surface area contributed by atoms with Crippen LogP contribution in [0.4, 0.5) is 0 Å². The Kier molecular flexibility index (Phi) is 5.79. The summed E-state index contributed by atoms with van der Waals surface area (Å²) in [5.41, 5.74) is 16.6. The largest absolute Gasteiger partial charge is 0.150 e. The van der Waals surface area contributed by atoms with E-state index in [-0.39, 0.29) is 10.8 Å². The predicted molar refractivity (Wildman–Crippen MR) is 188 cm³/mol. The first kappa shape index (κ1) is 26.8. The maximum Gasteiger partial charge on any atom is 0.0930 e. The first-order valence-corrected chi connectivity index (χ1v) is 16.0. The van der Waals surface area contributed by atoms with Crippen molar-refractivity contribution in [3.8, 4) is 44.8 Å². The minimum atomic E-state index is -0.370. The van der Waals surface area contributed by atoms with E-state index in [1.807, 2.05) is 18.2 Å². The van der Waals surface area contributed by atoms with Crippen molar-refractivity contribution in [3.05, 3.63) is 191 Å². The Morgan fingerprint density at radius 2 is 0.848 bits per heavy atom. The minimum Gasteiger partial charge on any atom is -0.150 e. The van der Waals surface area contributed by atoms with Crippen molar-refractivity contribution in [3.63, 3.8) is 0 Å². The molecule has 7 aromatic rings. The van der Waals surface area contributed by atoms with Gasteiger partial charge >= 0.3 is 0 Å². The molecule has 0 bridgehead atoms. The van der Waals surface area contributed by atoms with Gasteiger partial charge in [-0.25, -0.2) is 0 Å². The number of hydrogen-bond donors (Lipinski definition) is 0. The maximum absolute atomic E-state index is 4.62. The van der Waals surface area contributed by atoms with E-state index in [0.29, 0.717) is 0 Å². The van der Waals surface area contributed by atoms with Crippen molar-refractivity contribution in [1.29, 1.82) is 0 Å². The molecule has 0 saturated carbocycles. The van der Waals surface area contributed by atoms with Crippen molar-refractivity contribution < 1.29 is 0 Å². The van der Waals surface area contributed by atoms with Gasteiger partial charge in [-0.15, -0.1) is 10.2 Å². The monoisotopic (exact) mass is 588 g/mol. The summed E-state index contributed by atoms with van der Waals surface area (Å²) in [6.45, 7) is 4.77. The van der Waals surface area contributed by atoms with Crippen LogP contribution in [0.3, 0.4) is 0 Å². The molecule has 0 amide bonds. The van der Waals surface area contributed by atoms with Gasteiger partial charge in [-0.1, -0.05) is 147 Å². The van der Waals surface area contributed by atoms with E-state index >= 15 is 0 Å². The summed E-state index contributed by atoms with van der Waals surface area (Å²) < 4.78 is 0. The average molecular weight is 589 g/mol. The zero-order valence-electron chi connectivity index (χ0n) is 25.9.